The average Bonchev–Trinajstić information content (AvgIpc) is 2.73. The molecule has 26 heavy (non-hydrogen) atoms. The van der Waals surface area contributed by atoms with Crippen molar-refractivity contribution in [1.29, 1.82) is 0 Å². The topological polar surface area (TPSA) is 12.9 Å². The predicted octanol–water partition coefficient (Wildman–Crippen LogP) is 7.41. The van der Waals surface area contributed by atoms with Crippen molar-refractivity contribution in [1.82, 2.24) is 4.98 Å². The zero-order valence-corrected chi connectivity index (χ0v) is 17.7. The molecule has 2 unspecified atom stereocenters. The number of pyridine rings is 1. The molecule has 2 aliphatic rings. The van der Waals surface area contributed by atoms with E-state index in [4.69, 9.17) is 4.98 Å². The van der Waals surface area contributed by atoms with Gasteiger partial charge in [0.1, 0.15) is 0 Å². The molecule has 1 heteroatoms. The van der Waals surface area contributed by atoms with Crippen LogP contribution in [-0.4, -0.2) is 4.98 Å². The van der Waals surface area contributed by atoms with E-state index in [1.165, 1.54) is 69.0 Å². The van der Waals surface area contributed by atoms with Crippen LogP contribution in [0.2, 0.25) is 0 Å². The lowest BCUT2D eigenvalue weighted by atomic mass is 9.66. The summed E-state index contributed by atoms with van der Waals surface area (Å²) < 4.78 is 0. The maximum atomic E-state index is 4.77. The summed E-state index contributed by atoms with van der Waals surface area (Å²) >= 11 is 0. The molecular formula is C25H41N. The van der Waals surface area contributed by atoms with Gasteiger partial charge in [0.05, 0.1) is 0 Å². The van der Waals surface area contributed by atoms with Crippen molar-refractivity contribution in [2.45, 2.75) is 97.8 Å². The molecule has 1 heterocycles. The maximum absolute atomic E-state index is 4.77. The van der Waals surface area contributed by atoms with Crippen molar-refractivity contribution in [2.24, 2.45) is 29.6 Å². The fraction of sp³-hybridized carbons (Fsp3) is 0.800. The van der Waals surface area contributed by atoms with E-state index in [1.54, 1.807) is 0 Å². The van der Waals surface area contributed by atoms with E-state index < -0.39 is 0 Å². The van der Waals surface area contributed by atoms with Gasteiger partial charge >= 0.3 is 0 Å². The zero-order chi connectivity index (χ0) is 18.5. The lowest BCUT2D eigenvalue weighted by molar-refractivity contribution is 0.119. The summed E-state index contributed by atoms with van der Waals surface area (Å²) in [4.78, 5) is 4.77. The first-order valence-corrected chi connectivity index (χ1v) is 11.6. The van der Waals surface area contributed by atoms with Crippen LogP contribution in [-0.2, 0) is 6.42 Å². The quantitative estimate of drug-likeness (QED) is 0.518. The van der Waals surface area contributed by atoms with Crippen LogP contribution in [0.15, 0.2) is 18.3 Å². The van der Waals surface area contributed by atoms with Gasteiger partial charge < -0.3 is 0 Å². The van der Waals surface area contributed by atoms with Gasteiger partial charge in [0.25, 0.3) is 0 Å². The van der Waals surface area contributed by atoms with E-state index in [9.17, 15) is 0 Å². The Bertz CT molecular complexity index is 518. The number of aryl methyl sites for hydroxylation is 1. The second-order valence-corrected chi connectivity index (χ2v) is 9.46. The Morgan fingerprint density at radius 3 is 1.92 bits per heavy atom. The van der Waals surface area contributed by atoms with Crippen LogP contribution in [0.3, 0.4) is 0 Å². The van der Waals surface area contributed by atoms with Crippen molar-refractivity contribution >= 4 is 0 Å². The lowest BCUT2D eigenvalue weighted by Gasteiger charge is -2.40. The average molecular weight is 356 g/mol. The first kappa shape index (κ1) is 19.9. The largest absolute Gasteiger partial charge is 0.261 e. The van der Waals surface area contributed by atoms with Gasteiger partial charge in [-0.25, -0.2) is 0 Å². The second kappa shape index (κ2) is 9.38. The van der Waals surface area contributed by atoms with Gasteiger partial charge in [-0.15, -0.1) is 0 Å². The van der Waals surface area contributed by atoms with E-state index in [0.717, 1.165) is 36.0 Å². The van der Waals surface area contributed by atoms with Crippen LogP contribution in [0, 0.1) is 29.6 Å². The number of rotatable bonds is 6. The van der Waals surface area contributed by atoms with E-state index in [2.05, 4.69) is 46.0 Å². The summed E-state index contributed by atoms with van der Waals surface area (Å²) in [7, 11) is 0. The van der Waals surface area contributed by atoms with Crippen LogP contribution in [0.4, 0.5) is 0 Å². The summed E-state index contributed by atoms with van der Waals surface area (Å²) in [5.41, 5.74) is 2.67. The highest BCUT2D eigenvalue weighted by Crippen LogP contribution is 2.45. The molecule has 1 aromatic heterocycles. The summed E-state index contributed by atoms with van der Waals surface area (Å²) in [6.07, 6.45) is 16.3. The predicted molar refractivity (Wildman–Crippen MR) is 112 cm³/mol. The molecule has 1 aromatic rings. The first-order chi connectivity index (χ1) is 12.6. The zero-order valence-electron chi connectivity index (χ0n) is 17.7. The number of nitrogens with zero attached hydrogens (tertiary/aromatic N) is 1. The highest BCUT2D eigenvalue weighted by molar-refractivity contribution is 5.17. The van der Waals surface area contributed by atoms with Gasteiger partial charge in [-0.1, -0.05) is 53.0 Å². The molecule has 2 fully saturated rings. The van der Waals surface area contributed by atoms with Gasteiger partial charge in [0.15, 0.2) is 0 Å². The molecule has 0 N–H and O–H groups in total. The van der Waals surface area contributed by atoms with E-state index in [0.29, 0.717) is 5.92 Å². The molecule has 0 bridgehead atoms. The van der Waals surface area contributed by atoms with Crippen LogP contribution in [0.1, 0.15) is 103 Å². The Balaban J connectivity index is 1.48. The van der Waals surface area contributed by atoms with Crippen molar-refractivity contribution in [2.75, 3.05) is 0 Å². The van der Waals surface area contributed by atoms with Gasteiger partial charge in [0.2, 0.25) is 0 Å². The van der Waals surface area contributed by atoms with Crippen molar-refractivity contribution in [3.05, 3.63) is 29.6 Å². The molecule has 1 nitrogen and oxygen atoms in total. The van der Waals surface area contributed by atoms with Crippen molar-refractivity contribution in [3.63, 3.8) is 0 Å². The third kappa shape index (κ3) is 4.70. The molecule has 146 valence electrons. The molecule has 0 saturated heterocycles. The monoisotopic (exact) mass is 355 g/mol. The normalized spacial score (nSPS) is 32.2. The molecule has 2 saturated carbocycles. The van der Waals surface area contributed by atoms with Crippen LogP contribution in [0.5, 0.6) is 0 Å². The Hall–Kier alpha value is -0.850. The van der Waals surface area contributed by atoms with Gasteiger partial charge in [-0.05, 0) is 86.2 Å². The van der Waals surface area contributed by atoms with E-state index in [1.807, 2.05) is 0 Å². The molecule has 0 aromatic carbocycles. The van der Waals surface area contributed by atoms with Gasteiger partial charge in [-0.3, -0.25) is 4.98 Å². The SMILES string of the molecule is CCc1ccc(C(C)C2CCC(C(C)C3CCC(CC)CC3)CC2)nc1. The maximum Gasteiger partial charge on any atom is 0.0434 e. The molecule has 2 atom stereocenters. The third-order valence-corrected chi connectivity index (χ3v) is 8.20. The molecule has 0 amide bonds. The Labute approximate surface area is 162 Å². The summed E-state index contributed by atoms with van der Waals surface area (Å²) in [5, 5.41) is 0. The number of aromatic nitrogens is 1. The molecule has 0 spiro atoms. The Morgan fingerprint density at radius 2 is 1.42 bits per heavy atom. The Kier molecular flexibility index (Phi) is 7.18. The van der Waals surface area contributed by atoms with Crippen molar-refractivity contribution < 1.29 is 0 Å². The highest BCUT2D eigenvalue weighted by atomic mass is 14.7. The molecule has 2 aliphatic carbocycles. The fourth-order valence-electron chi connectivity index (χ4n) is 5.83. The minimum absolute atomic E-state index is 0.622. The summed E-state index contributed by atoms with van der Waals surface area (Å²) in [5.74, 6) is 5.44. The minimum atomic E-state index is 0.622. The fourth-order valence-corrected chi connectivity index (χ4v) is 5.83. The minimum Gasteiger partial charge on any atom is -0.261 e. The third-order valence-electron chi connectivity index (χ3n) is 8.20. The van der Waals surface area contributed by atoms with Crippen LogP contribution >= 0.6 is 0 Å². The molecule has 3 rings (SSSR count). The van der Waals surface area contributed by atoms with Crippen molar-refractivity contribution in [3.8, 4) is 0 Å². The smallest absolute Gasteiger partial charge is 0.0434 e. The standard InChI is InChI=1S/C25H41N/c1-5-20-7-10-22(11-8-20)18(3)23-12-14-24(15-13-23)19(4)25-16-9-21(6-2)17-26-25/h9,16-20,22-24H,5-8,10-15H2,1-4H3. The highest BCUT2D eigenvalue weighted by Gasteiger charge is 2.33. The molecule has 0 aliphatic heterocycles. The molecule has 0 radical (unpaired) electrons. The van der Waals surface area contributed by atoms with Crippen LogP contribution in [0.25, 0.3) is 0 Å². The summed E-state index contributed by atoms with van der Waals surface area (Å²) in [6.45, 7) is 9.57. The van der Waals surface area contributed by atoms with E-state index >= 15 is 0 Å². The number of hydrogen-bond acceptors (Lipinski definition) is 1. The van der Waals surface area contributed by atoms with Gasteiger partial charge in [0, 0.05) is 17.8 Å². The summed E-state index contributed by atoms with van der Waals surface area (Å²) in [6, 6.07) is 4.56. The van der Waals surface area contributed by atoms with E-state index in [-0.39, 0.29) is 0 Å². The second-order valence-electron chi connectivity index (χ2n) is 9.46. The van der Waals surface area contributed by atoms with Gasteiger partial charge in [-0.2, -0.15) is 0 Å². The van der Waals surface area contributed by atoms with Crippen LogP contribution < -0.4 is 0 Å². The first-order valence-electron chi connectivity index (χ1n) is 11.6. The Morgan fingerprint density at radius 1 is 0.846 bits per heavy atom. The lowest BCUT2D eigenvalue weighted by Crippen LogP contribution is -2.29. The number of hydrogen-bond donors (Lipinski definition) is 0. The molecular weight excluding hydrogens is 314 g/mol.